The molecule has 1 rings (SSSR count). The Balaban J connectivity index is 2.64. The van der Waals surface area contributed by atoms with Gasteiger partial charge in [0.15, 0.2) is 0 Å². The predicted molar refractivity (Wildman–Crippen MR) is 82.5 cm³/mol. The van der Waals surface area contributed by atoms with E-state index in [9.17, 15) is 0 Å². The van der Waals surface area contributed by atoms with Gasteiger partial charge in [-0.25, -0.2) is 0 Å². The highest BCUT2D eigenvalue weighted by Gasteiger charge is 2.13. The molecule has 0 bridgehead atoms. The third-order valence-electron chi connectivity index (χ3n) is 3.68. The van der Waals surface area contributed by atoms with Crippen LogP contribution in [0.3, 0.4) is 0 Å². The summed E-state index contributed by atoms with van der Waals surface area (Å²) in [6, 6.07) is 3.29. The third-order valence-corrected chi connectivity index (χ3v) is 3.68. The van der Waals surface area contributed by atoms with Crippen LogP contribution in [0.5, 0.6) is 0 Å². The summed E-state index contributed by atoms with van der Waals surface area (Å²) in [5.41, 5.74) is 1.22. The maximum atomic E-state index is 4.76. The lowest BCUT2D eigenvalue weighted by Gasteiger charge is -2.19. The normalized spacial score (nSPS) is 13.4. The molecular formula is C16H31N3. The highest BCUT2D eigenvalue weighted by molar-refractivity contribution is 5.02. The van der Waals surface area contributed by atoms with Crippen molar-refractivity contribution in [3.05, 3.63) is 18.0 Å². The van der Waals surface area contributed by atoms with Crippen LogP contribution in [0.4, 0.5) is 0 Å². The minimum absolute atomic E-state index is 0.551. The van der Waals surface area contributed by atoms with Crippen molar-refractivity contribution in [3.63, 3.8) is 0 Å². The van der Waals surface area contributed by atoms with E-state index in [4.69, 9.17) is 5.10 Å². The van der Waals surface area contributed by atoms with Gasteiger partial charge in [0.25, 0.3) is 0 Å². The van der Waals surface area contributed by atoms with Gasteiger partial charge in [0.05, 0.1) is 11.7 Å². The van der Waals surface area contributed by atoms with E-state index in [2.05, 4.69) is 56.9 Å². The first kappa shape index (κ1) is 16.2. The minimum Gasteiger partial charge on any atom is -0.314 e. The molecule has 1 unspecified atom stereocenters. The van der Waals surface area contributed by atoms with E-state index in [-0.39, 0.29) is 0 Å². The number of aromatic nitrogens is 2. The number of likely N-dealkylation sites (N-methyl/N-ethyl adjacent to an activating group) is 1. The lowest BCUT2D eigenvalue weighted by atomic mass is 10.00. The molecule has 110 valence electrons. The van der Waals surface area contributed by atoms with Crippen molar-refractivity contribution in [1.82, 2.24) is 15.1 Å². The molecule has 3 nitrogen and oxygen atoms in total. The SMILES string of the molecule is CCNC(Cc1ccn(C(CC)CC)n1)CC(C)C. The molecule has 0 saturated heterocycles. The number of rotatable bonds is 9. The number of nitrogens with zero attached hydrogens (tertiary/aromatic N) is 2. The highest BCUT2D eigenvalue weighted by atomic mass is 15.3. The summed E-state index contributed by atoms with van der Waals surface area (Å²) in [5.74, 6) is 0.727. The Hall–Kier alpha value is -0.830. The van der Waals surface area contributed by atoms with Crippen LogP contribution in [0.15, 0.2) is 12.3 Å². The highest BCUT2D eigenvalue weighted by Crippen LogP contribution is 2.16. The molecule has 19 heavy (non-hydrogen) atoms. The molecule has 0 spiro atoms. The summed E-state index contributed by atoms with van der Waals surface area (Å²) >= 11 is 0. The van der Waals surface area contributed by atoms with Crippen molar-refractivity contribution in [2.75, 3.05) is 6.54 Å². The van der Waals surface area contributed by atoms with Gasteiger partial charge in [0.2, 0.25) is 0 Å². The summed E-state index contributed by atoms with van der Waals surface area (Å²) < 4.78 is 2.15. The molecule has 0 amide bonds. The second-order valence-electron chi connectivity index (χ2n) is 5.85. The summed E-state index contributed by atoms with van der Waals surface area (Å²) in [6.45, 7) is 12.2. The lowest BCUT2D eigenvalue weighted by molar-refractivity contribution is 0.405. The molecule has 0 aliphatic rings. The van der Waals surface area contributed by atoms with Crippen molar-refractivity contribution in [1.29, 1.82) is 0 Å². The molecule has 1 atom stereocenters. The Kier molecular flexibility index (Phi) is 7.14. The van der Waals surface area contributed by atoms with Gasteiger partial charge in [-0.2, -0.15) is 5.10 Å². The Morgan fingerprint density at radius 1 is 1.21 bits per heavy atom. The standard InChI is InChI=1S/C16H31N3/c1-6-16(7-2)19-10-9-14(18-19)12-15(17-8-3)11-13(4)5/h9-10,13,15-17H,6-8,11-12H2,1-5H3. The first-order valence-corrected chi connectivity index (χ1v) is 7.88. The molecule has 0 aromatic carbocycles. The fourth-order valence-corrected chi connectivity index (χ4v) is 2.70. The van der Waals surface area contributed by atoms with E-state index < -0.39 is 0 Å². The van der Waals surface area contributed by atoms with E-state index in [0.29, 0.717) is 12.1 Å². The number of hydrogen-bond acceptors (Lipinski definition) is 2. The maximum absolute atomic E-state index is 4.76. The Morgan fingerprint density at radius 3 is 2.42 bits per heavy atom. The maximum Gasteiger partial charge on any atom is 0.0640 e. The first-order valence-electron chi connectivity index (χ1n) is 7.88. The molecule has 0 aliphatic heterocycles. The first-order chi connectivity index (χ1) is 9.10. The smallest absolute Gasteiger partial charge is 0.0640 e. The van der Waals surface area contributed by atoms with E-state index in [0.717, 1.165) is 31.7 Å². The van der Waals surface area contributed by atoms with Gasteiger partial charge in [-0.3, -0.25) is 4.68 Å². The molecule has 0 radical (unpaired) electrons. The van der Waals surface area contributed by atoms with Crippen LogP contribution in [-0.4, -0.2) is 22.4 Å². The average Bonchev–Trinajstić information content (AvgIpc) is 2.78. The van der Waals surface area contributed by atoms with Crippen LogP contribution < -0.4 is 5.32 Å². The van der Waals surface area contributed by atoms with Crippen LogP contribution >= 0.6 is 0 Å². The van der Waals surface area contributed by atoms with Crippen LogP contribution in [0.1, 0.15) is 65.6 Å². The van der Waals surface area contributed by atoms with Crippen molar-refractivity contribution in [3.8, 4) is 0 Å². The Morgan fingerprint density at radius 2 is 1.89 bits per heavy atom. The second-order valence-corrected chi connectivity index (χ2v) is 5.85. The fraction of sp³-hybridized carbons (Fsp3) is 0.812. The molecule has 1 aromatic rings. The van der Waals surface area contributed by atoms with Crippen molar-refractivity contribution < 1.29 is 0 Å². The van der Waals surface area contributed by atoms with Crippen LogP contribution in [0, 0.1) is 5.92 Å². The van der Waals surface area contributed by atoms with Crippen LogP contribution in [-0.2, 0) is 6.42 Å². The zero-order valence-electron chi connectivity index (χ0n) is 13.3. The molecule has 1 aromatic heterocycles. The van der Waals surface area contributed by atoms with Crippen LogP contribution in [0.25, 0.3) is 0 Å². The van der Waals surface area contributed by atoms with Gasteiger partial charge in [-0.15, -0.1) is 0 Å². The second kappa shape index (κ2) is 8.36. The Bertz CT molecular complexity index is 340. The minimum atomic E-state index is 0.551. The van der Waals surface area contributed by atoms with Gasteiger partial charge in [-0.05, 0) is 37.8 Å². The molecule has 1 heterocycles. The van der Waals surface area contributed by atoms with Crippen LogP contribution in [0.2, 0.25) is 0 Å². The summed E-state index contributed by atoms with van der Waals surface area (Å²) in [7, 11) is 0. The van der Waals surface area contributed by atoms with Crippen molar-refractivity contribution in [2.45, 2.75) is 72.4 Å². The number of nitrogens with one attached hydrogen (secondary N) is 1. The molecule has 1 N–H and O–H groups in total. The zero-order chi connectivity index (χ0) is 14.3. The van der Waals surface area contributed by atoms with Gasteiger partial charge < -0.3 is 5.32 Å². The van der Waals surface area contributed by atoms with Crippen molar-refractivity contribution in [2.24, 2.45) is 5.92 Å². The fourth-order valence-electron chi connectivity index (χ4n) is 2.70. The summed E-state index contributed by atoms with van der Waals surface area (Å²) in [4.78, 5) is 0. The third kappa shape index (κ3) is 5.35. The largest absolute Gasteiger partial charge is 0.314 e. The van der Waals surface area contributed by atoms with Gasteiger partial charge in [-0.1, -0.05) is 34.6 Å². The van der Waals surface area contributed by atoms with E-state index in [1.165, 1.54) is 12.1 Å². The molecule has 3 heteroatoms. The quantitative estimate of drug-likeness (QED) is 0.736. The summed E-state index contributed by atoms with van der Waals surface area (Å²) in [5, 5.41) is 8.34. The topological polar surface area (TPSA) is 29.9 Å². The molecular weight excluding hydrogens is 234 g/mol. The van der Waals surface area contributed by atoms with E-state index in [1.807, 2.05) is 0 Å². The van der Waals surface area contributed by atoms with Gasteiger partial charge >= 0.3 is 0 Å². The predicted octanol–water partition coefficient (Wildman–Crippen LogP) is 3.81. The summed E-state index contributed by atoms with van der Waals surface area (Å²) in [6.07, 6.45) is 6.71. The monoisotopic (exact) mass is 265 g/mol. The molecule has 0 saturated carbocycles. The van der Waals surface area contributed by atoms with Gasteiger partial charge in [0, 0.05) is 18.7 Å². The molecule has 0 fully saturated rings. The molecule has 0 aliphatic carbocycles. The Labute approximate surface area is 118 Å². The number of hydrogen-bond donors (Lipinski definition) is 1. The lowest BCUT2D eigenvalue weighted by Crippen LogP contribution is -2.32. The average molecular weight is 265 g/mol. The van der Waals surface area contributed by atoms with E-state index in [1.54, 1.807) is 0 Å². The van der Waals surface area contributed by atoms with Gasteiger partial charge in [0.1, 0.15) is 0 Å². The van der Waals surface area contributed by atoms with Crippen molar-refractivity contribution >= 4 is 0 Å². The van der Waals surface area contributed by atoms with E-state index >= 15 is 0 Å². The zero-order valence-corrected chi connectivity index (χ0v) is 13.3.